The van der Waals surface area contributed by atoms with Crippen LogP contribution in [0.1, 0.15) is 51.9 Å². The van der Waals surface area contributed by atoms with Gasteiger partial charge in [0.05, 0.1) is 30.2 Å². The van der Waals surface area contributed by atoms with Crippen molar-refractivity contribution in [1.82, 2.24) is 0 Å². The SMILES string of the molecule is CCCCCCCC[P+](CCC[Si](O)(O)O)(c1ccccc1)c1ccccc1. The summed E-state index contributed by atoms with van der Waals surface area (Å²) in [6, 6.07) is 21.6. The monoisotopic (exact) mass is 419 g/mol. The van der Waals surface area contributed by atoms with Gasteiger partial charge in [-0.1, -0.05) is 69.0 Å². The molecule has 154 valence electrons. The fraction of sp³-hybridized carbons (Fsp3) is 0.478. The van der Waals surface area contributed by atoms with Crippen LogP contribution in [0.25, 0.3) is 0 Å². The molecule has 0 bridgehead atoms. The first-order chi connectivity index (χ1) is 13.5. The molecule has 0 aliphatic heterocycles. The first-order valence-electron chi connectivity index (χ1n) is 10.6. The molecule has 2 rings (SSSR count). The third-order valence-corrected chi connectivity index (χ3v) is 11.2. The van der Waals surface area contributed by atoms with E-state index in [4.69, 9.17) is 0 Å². The van der Waals surface area contributed by atoms with E-state index in [9.17, 15) is 14.4 Å². The summed E-state index contributed by atoms with van der Waals surface area (Å²) in [5, 5.41) is 2.77. The Morgan fingerprint density at radius 2 is 1.11 bits per heavy atom. The summed E-state index contributed by atoms with van der Waals surface area (Å²) in [5.74, 6) is 0. The summed E-state index contributed by atoms with van der Waals surface area (Å²) in [7, 11) is -5.65. The van der Waals surface area contributed by atoms with Gasteiger partial charge in [-0.2, -0.15) is 0 Å². The molecule has 0 radical (unpaired) electrons. The standard InChI is InChI=1S/C23H36O3PSi/c1-2-3-4-5-6-13-19-27(20-14-21-28(24,25)26,22-15-9-7-10-16-22)23-17-11-8-12-18-23/h7-12,15-18,24-26H,2-6,13-14,19-21H2,1H3/q+1. The van der Waals surface area contributed by atoms with Gasteiger partial charge in [0.1, 0.15) is 0 Å². The minimum Gasteiger partial charge on any atom is -0.390 e. The molecule has 0 saturated heterocycles. The van der Waals surface area contributed by atoms with Gasteiger partial charge in [0.2, 0.25) is 0 Å². The maximum atomic E-state index is 9.51. The summed E-state index contributed by atoms with van der Waals surface area (Å²) < 4.78 is 0. The molecule has 2 aromatic carbocycles. The Bertz CT molecular complexity index is 619. The minimum atomic E-state index is -3.99. The predicted octanol–water partition coefficient (Wildman–Crippen LogP) is 4.32. The van der Waals surface area contributed by atoms with E-state index in [0.29, 0.717) is 6.42 Å². The summed E-state index contributed by atoms with van der Waals surface area (Å²) in [6.45, 7) is 2.24. The molecule has 0 aliphatic rings. The Labute approximate surface area is 172 Å². The molecule has 0 saturated carbocycles. The lowest BCUT2D eigenvalue weighted by Crippen LogP contribution is -2.35. The summed E-state index contributed by atoms with van der Waals surface area (Å²) in [4.78, 5) is 28.5. The number of benzene rings is 2. The molecule has 0 fully saturated rings. The van der Waals surface area contributed by atoms with Crippen LogP contribution in [0.2, 0.25) is 6.04 Å². The quantitative estimate of drug-likeness (QED) is 0.257. The average molecular weight is 420 g/mol. The molecule has 3 nitrogen and oxygen atoms in total. The van der Waals surface area contributed by atoms with E-state index < -0.39 is 16.1 Å². The van der Waals surface area contributed by atoms with E-state index in [1.807, 2.05) is 0 Å². The molecule has 0 amide bonds. The van der Waals surface area contributed by atoms with E-state index in [1.165, 1.54) is 49.1 Å². The number of rotatable bonds is 13. The molecule has 0 unspecified atom stereocenters. The van der Waals surface area contributed by atoms with Crippen molar-refractivity contribution in [2.75, 3.05) is 12.3 Å². The van der Waals surface area contributed by atoms with Crippen molar-refractivity contribution in [3.63, 3.8) is 0 Å². The second-order valence-electron chi connectivity index (χ2n) is 7.73. The molecule has 3 N–H and O–H groups in total. The molecule has 0 heterocycles. The Kier molecular flexibility index (Phi) is 9.83. The van der Waals surface area contributed by atoms with Crippen molar-refractivity contribution < 1.29 is 14.4 Å². The van der Waals surface area contributed by atoms with Crippen LogP contribution in [0.5, 0.6) is 0 Å². The lowest BCUT2D eigenvalue weighted by molar-refractivity contribution is 0.227. The highest BCUT2D eigenvalue weighted by Crippen LogP contribution is 2.57. The van der Waals surface area contributed by atoms with Crippen LogP contribution in [-0.2, 0) is 0 Å². The van der Waals surface area contributed by atoms with Crippen molar-refractivity contribution in [2.45, 2.75) is 57.9 Å². The zero-order valence-electron chi connectivity index (χ0n) is 17.1. The van der Waals surface area contributed by atoms with Crippen LogP contribution >= 0.6 is 7.26 Å². The van der Waals surface area contributed by atoms with Crippen LogP contribution in [0.15, 0.2) is 60.7 Å². The second kappa shape index (κ2) is 11.8. The smallest absolute Gasteiger partial charge is 0.390 e. The van der Waals surface area contributed by atoms with Crippen LogP contribution in [-0.4, -0.2) is 35.5 Å². The highest BCUT2D eigenvalue weighted by molar-refractivity contribution is 7.89. The lowest BCUT2D eigenvalue weighted by atomic mass is 10.1. The Morgan fingerprint density at radius 1 is 0.643 bits per heavy atom. The number of hydrogen-bond donors (Lipinski definition) is 3. The number of unbranched alkanes of at least 4 members (excludes halogenated alkanes) is 5. The topological polar surface area (TPSA) is 60.7 Å². The van der Waals surface area contributed by atoms with Crippen LogP contribution < -0.4 is 10.6 Å². The Balaban J connectivity index is 2.24. The first-order valence-corrected chi connectivity index (χ1v) is 14.8. The van der Waals surface area contributed by atoms with Gasteiger partial charge in [-0.3, -0.25) is 0 Å². The first kappa shape index (κ1) is 23.2. The molecule has 0 aromatic heterocycles. The van der Waals surface area contributed by atoms with Crippen LogP contribution in [0.3, 0.4) is 0 Å². The molecule has 5 heteroatoms. The molecule has 28 heavy (non-hydrogen) atoms. The number of hydrogen-bond acceptors (Lipinski definition) is 3. The molecule has 2 aromatic rings. The third kappa shape index (κ3) is 7.42. The van der Waals surface area contributed by atoms with E-state index in [2.05, 4.69) is 67.6 Å². The zero-order chi connectivity index (χ0) is 20.3. The van der Waals surface area contributed by atoms with Gasteiger partial charge in [-0.25, -0.2) is 0 Å². The maximum absolute atomic E-state index is 9.51. The lowest BCUT2D eigenvalue weighted by Gasteiger charge is -2.28. The average Bonchev–Trinajstić information content (AvgIpc) is 2.70. The Morgan fingerprint density at radius 3 is 1.61 bits per heavy atom. The van der Waals surface area contributed by atoms with Gasteiger partial charge in [0.15, 0.2) is 0 Å². The molecular weight excluding hydrogens is 383 g/mol. The molecular formula is C23H36O3PSi+. The minimum absolute atomic E-state index is 0.116. The van der Waals surface area contributed by atoms with Crippen LogP contribution in [0.4, 0.5) is 0 Å². The van der Waals surface area contributed by atoms with Crippen molar-refractivity contribution in [1.29, 1.82) is 0 Å². The third-order valence-electron chi connectivity index (χ3n) is 5.45. The van der Waals surface area contributed by atoms with Gasteiger partial charge < -0.3 is 14.4 Å². The molecule has 0 atom stereocenters. The largest absolute Gasteiger partial charge is 0.492 e. The van der Waals surface area contributed by atoms with Crippen molar-refractivity contribution in [3.05, 3.63) is 60.7 Å². The van der Waals surface area contributed by atoms with E-state index in [0.717, 1.165) is 12.3 Å². The highest BCUT2D eigenvalue weighted by atomic mass is 31.2. The molecule has 0 spiro atoms. The van der Waals surface area contributed by atoms with E-state index in [-0.39, 0.29) is 6.04 Å². The fourth-order valence-corrected chi connectivity index (χ4v) is 9.40. The highest BCUT2D eigenvalue weighted by Gasteiger charge is 2.42. The van der Waals surface area contributed by atoms with Gasteiger partial charge in [0.25, 0.3) is 0 Å². The van der Waals surface area contributed by atoms with E-state index >= 15 is 0 Å². The Hall–Kier alpha value is -1.03. The molecule has 0 aliphatic carbocycles. The normalized spacial score (nSPS) is 12.3. The summed E-state index contributed by atoms with van der Waals surface area (Å²) >= 11 is 0. The van der Waals surface area contributed by atoms with Crippen molar-refractivity contribution in [3.8, 4) is 0 Å². The maximum Gasteiger partial charge on any atom is 0.492 e. The summed E-state index contributed by atoms with van der Waals surface area (Å²) in [6.07, 6.45) is 10.3. The van der Waals surface area contributed by atoms with E-state index in [1.54, 1.807) is 0 Å². The van der Waals surface area contributed by atoms with Gasteiger partial charge in [0, 0.05) is 6.04 Å². The van der Waals surface area contributed by atoms with Gasteiger partial charge >= 0.3 is 8.80 Å². The zero-order valence-corrected chi connectivity index (χ0v) is 19.0. The summed E-state index contributed by atoms with van der Waals surface area (Å²) in [5.41, 5.74) is 0. The van der Waals surface area contributed by atoms with Crippen molar-refractivity contribution >= 4 is 26.7 Å². The van der Waals surface area contributed by atoms with Gasteiger partial charge in [-0.15, -0.1) is 0 Å². The fourth-order valence-electron chi connectivity index (χ4n) is 3.95. The van der Waals surface area contributed by atoms with Gasteiger partial charge in [-0.05, 0) is 43.5 Å². The predicted molar refractivity (Wildman–Crippen MR) is 124 cm³/mol. The second-order valence-corrected chi connectivity index (χ2v) is 13.6. The van der Waals surface area contributed by atoms with Crippen molar-refractivity contribution in [2.24, 2.45) is 0 Å². The van der Waals surface area contributed by atoms with Crippen LogP contribution in [0, 0.1) is 0 Å².